The van der Waals surface area contributed by atoms with Gasteiger partial charge in [-0.3, -0.25) is 9.59 Å². The highest BCUT2D eigenvalue weighted by atomic mass is 35.5. The molecule has 27 heavy (non-hydrogen) atoms. The number of nitrogens with one attached hydrogen (secondary N) is 1. The van der Waals surface area contributed by atoms with Crippen molar-refractivity contribution in [3.8, 4) is 0 Å². The minimum Gasteiger partial charge on any atom is -0.394 e. The first-order valence-electron chi connectivity index (χ1n) is 8.49. The van der Waals surface area contributed by atoms with Crippen LogP contribution < -0.4 is 16.6 Å². The van der Waals surface area contributed by atoms with E-state index in [-0.39, 0.29) is 22.7 Å². The number of aryl methyl sites for hydroxylation is 2. The number of nitrogens with zero attached hydrogens (tertiary/aromatic N) is 1. The lowest BCUT2D eigenvalue weighted by molar-refractivity contribution is 0.0955. The molecule has 3 aromatic rings. The summed E-state index contributed by atoms with van der Waals surface area (Å²) >= 11 is 11.9. The Hall–Kier alpha value is -2.50. The molecule has 3 rings (SSSR count). The minimum atomic E-state index is -0.380. The molecule has 0 radical (unpaired) electrons. The summed E-state index contributed by atoms with van der Waals surface area (Å²) < 4.78 is 1.45. The van der Waals surface area contributed by atoms with E-state index in [1.807, 2.05) is 24.3 Å². The van der Waals surface area contributed by atoms with Gasteiger partial charge in [0.05, 0.1) is 21.1 Å². The molecule has 5 nitrogen and oxygen atoms in total. The highest BCUT2D eigenvalue weighted by Gasteiger charge is 2.18. The van der Waals surface area contributed by atoms with Crippen LogP contribution in [0.3, 0.4) is 0 Å². The van der Waals surface area contributed by atoms with Gasteiger partial charge >= 0.3 is 0 Å². The molecule has 0 aliphatic carbocycles. The number of halogens is 2. The second kappa shape index (κ2) is 8.03. The van der Waals surface area contributed by atoms with Gasteiger partial charge in [-0.05, 0) is 36.6 Å². The van der Waals surface area contributed by atoms with Gasteiger partial charge in [0, 0.05) is 19.0 Å². The topological polar surface area (TPSA) is 77.1 Å². The molecule has 0 aliphatic rings. The minimum absolute atomic E-state index is 0.0433. The van der Waals surface area contributed by atoms with Crippen LogP contribution in [0.5, 0.6) is 0 Å². The van der Waals surface area contributed by atoms with Crippen LogP contribution in [0.2, 0.25) is 10.0 Å². The van der Waals surface area contributed by atoms with Crippen LogP contribution in [0.15, 0.2) is 47.3 Å². The van der Waals surface area contributed by atoms with Gasteiger partial charge < -0.3 is 15.6 Å². The van der Waals surface area contributed by atoms with Crippen molar-refractivity contribution in [3.63, 3.8) is 0 Å². The van der Waals surface area contributed by atoms with Gasteiger partial charge in [0.1, 0.15) is 5.69 Å². The summed E-state index contributed by atoms with van der Waals surface area (Å²) in [5.41, 5.74) is 7.46. The summed E-state index contributed by atoms with van der Waals surface area (Å²) in [6, 6.07) is 12.7. The number of hydrogen-bond donors (Lipinski definition) is 2. The number of amides is 1. The van der Waals surface area contributed by atoms with E-state index in [9.17, 15) is 9.59 Å². The van der Waals surface area contributed by atoms with Gasteiger partial charge in [-0.25, -0.2) is 0 Å². The number of nitrogen functional groups attached to an aromatic ring is 1. The molecule has 140 valence electrons. The predicted molar refractivity (Wildman–Crippen MR) is 111 cm³/mol. The van der Waals surface area contributed by atoms with Crippen molar-refractivity contribution in [2.45, 2.75) is 12.8 Å². The zero-order valence-electron chi connectivity index (χ0n) is 14.8. The Morgan fingerprint density at radius 3 is 2.63 bits per heavy atom. The summed E-state index contributed by atoms with van der Waals surface area (Å²) in [5, 5.41) is 4.53. The fourth-order valence-electron chi connectivity index (χ4n) is 3.04. The molecule has 0 aliphatic heterocycles. The van der Waals surface area contributed by atoms with Crippen LogP contribution in [-0.2, 0) is 13.5 Å². The number of hydrogen-bond acceptors (Lipinski definition) is 3. The largest absolute Gasteiger partial charge is 0.394 e. The van der Waals surface area contributed by atoms with E-state index in [0.29, 0.717) is 33.9 Å². The first-order valence-corrected chi connectivity index (χ1v) is 9.25. The monoisotopic (exact) mass is 403 g/mol. The number of aromatic nitrogens is 1. The van der Waals surface area contributed by atoms with Crippen molar-refractivity contribution in [1.29, 1.82) is 0 Å². The first-order chi connectivity index (χ1) is 12.9. The highest BCUT2D eigenvalue weighted by Crippen LogP contribution is 2.23. The van der Waals surface area contributed by atoms with Gasteiger partial charge in [-0.2, -0.15) is 0 Å². The molecular formula is C20H19Cl2N3O2. The van der Waals surface area contributed by atoms with Gasteiger partial charge in [0.25, 0.3) is 11.5 Å². The lowest BCUT2D eigenvalue weighted by atomic mass is 10.1. The zero-order chi connectivity index (χ0) is 19.6. The molecule has 1 heterocycles. The van der Waals surface area contributed by atoms with Crippen LogP contribution >= 0.6 is 23.2 Å². The maximum absolute atomic E-state index is 12.7. The third-order valence-corrected chi connectivity index (χ3v) is 5.22. The van der Waals surface area contributed by atoms with Crippen molar-refractivity contribution in [2.24, 2.45) is 7.05 Å². The number of pyridine rings is 1. The number of carbonyl (C=O) groups excluding carboxylic acids is 1. The number of anilines is 1. The number of rotatable bonds is 5. The number of para-hydroxylation sites is 1. The molecule has 2 aromatic carbocycles. The Bertz CT molecular complexity index is 1080. The van der Waals surface area contributed by atoms with Gasteiger partial charge in [0.15, 0.2) is 0 Å². The molecule has 0 saturated carbocycles. The van der Waals surface area contributed by atoms with E-state index in [1.54, 1.807) is 25.2 Å². The third-order valence-electron chi connectivity index (χ3n) is 4.48. The maximum Gasteiger partial charge on any atom is 0.274 e. The van der Waals surface area contributed by atoms with Crippen molar-refractivity contribution in [3.05, 3.63) is 74.0 Å². The summed E-state index contributed by atoms with van der Waals surface area (Å²) in [5.74, 6) is -0.351. The normalized spacial score (nSPS) is 10.9. The molecule has 0 fully saturated rings. The Kier molecular flexibility index (Phi) is 5.73. The average Bonchev–Trinajstić information content (AvgIpc) is 2.66. The zero-order valence-corrected chi connectivity index (χ0v) is 16.3. The summed E-state index contributed by atoms with van der Waals surface area (Å²) in [7, 11) is 1.64. The molecule has 0 unspecified atom stereocenters. The van der Waals surface area contributed by atoms with E-state index in [1.165, 1.54) is 4.57 Å². The molecule has 0 spiro atoms. The van der Waals surface area contributed by atoms with E-state index < -0.39 is 0 Å². The summed E-state index contributed by atoms with van der Waals surface area (Å²) in [6.45, 7) is 0.446. The Labute approximate surface area is 166 Å². The number of carbonyl (C=O) groups is 1. The van der Waals surface area contributed by atoms with Crippen molar-refractivity contribution in [1.82, 2.24) is 9.88 Å². The van der Waals surface area contributed by atoms with E-state index >= 15 is 0 Å². The van der Waals surface area contributed by atoms with Crippen molar-refractivity contribution < 1.29 is 4.79 Å². The van der Waals surface area contributed by atoms with E-state index in [2.05, 4.69) is 5.32 Å². The van der Waals surface area contributed by atoms with Gasteiger partial charge in [-0.1, -0.05) is 47.5 Å². The summed E-state index contributed by atoms with van der Waals surface area (Å²) in [6.07, 6.45) is 1.45. The third kappa shape index (κ3) is 3.94. The van der Waals surface area contributed by atoms with Crippen LogP contribution in [0.25, 0.3) is 10.9 Å². The van der Waals surface area contributed by atoms with E-state index in [4.69, 9.17) is 28.9 Å². The average molecular weight is 404 g/mol. The standard InChI is InChI=1S/C20H19Cl2N3O2/c1-25-16-7-3-2-6-13(16)17(18(23)20(25)27)19(26)24-10-4-5-12-8-9-14(21)15(22)11-12/h2-3,6-9,11H,4-5,10,23H2,1H3,(H,24,26). The Balaban J connectivity index is 1.73. The predicted octanol–water partition coefficient (Wildman–Crippen LogP) is 3.79. The van der Waals surface area contributed by atoms with Crippen molar-refractivity contribution in [2.75, 3.05) is 12.3 Å². The highest BCUT2D eigenvalue weighted by molar-refractivity contribution is 6.42. The summed E-state index contributed by atoms with van der Waals surface area (Å²) in [4.78, 5) is 25.0. The molecule has 0 atom stereocenters. The number of benzene rings is 2. The molecular weight excluding hydrogens is 385 g/mol. The van der Waals surface area contributed by atoms with Crippen molar-refractivity contribution >= 4 is 45.7 Å². The molecule has 0 bridgehead atoms. The second-order valence-electron chi connectivity index (χ2n) is 6.28. The van der Waals surface area contributed by atoms with Gasteiger partial charge in [-0.15, -0.1) is 0 Å². The fraction of sp³-hybridized carbons (Fsp3) is 0.200. The van der Waals surface area contributed by atoms with Crippen LogP contribution in [-0.4, -0.2) is 17.0 Å². The number of nitrogens with two attached hydrogens (primary N) is 1. The molecule has 1 aromatic heterocycles. The van der Waals surface area contributed by atoms with Crippen LogP contribution in [0.4, 0.5) is 5.69 Å². The molecule has 1 amide bonds. The first kappa shape index (κ1) is 19.3. The SMILES string of the molecule is Cn1c(=O)c(N)c(C(=O)NCCCc2ccc(Cl)c(Cl)c2)c2ccccc21. The Morgan fingerprint density at radius 1 is 1.15 bits per heavy atom. The second-order valence-corrected chi connectivity index (χ2v) is 7.09. The molecule has 3 N–H and O–H groups in total. The van der Waals surface area contributed by atoms with Gasteiger partial charge in [0.2, 0.25) is 0 Å². The van der Waals surface area contributed by atoms with Crippen LogP contribution in [0, 0.1) is 0 Å². The number of fused-ring (bicyclic) bond motifs is 1. The fourth-order valence-corrected chi connectivity index (χ4v) is 3.36. The Morgan fingerprint density at radius 2 is 1.89 bits per heavy atom. The molecule has 0 saturated heterocycles. The quantitative estimate of drug-likeness (QED) is 0.636. The van der Waals surface area contributed by atoms with E-state index in [0.717, 1.165) is 12.0 Å². The molecule has 7 heteroatoms. The maximum atomic E-state index is 12.7. The lowest BCUT2D eigenvalue weighted by Gasteiger charge is -2.13. The smallest absolute Gasteiger partial charge is 0.274 e. The van der Waals surface area contributed by atoms with Crippen LogP contribution in [0.1, 0.15) is 22.3 Å². The lowest BCUT2D eigenvalue weighted by Crippen LogP contribution is -2.30.